The molecule has 0 radical (unpaired) electrons. The summed E-state index contributed by atoms with van der Waals surface area (Å²) in [6.07, 6.45) is 0. The summed E-state index contributed by atoms with van der Waals surface area (Å²) >= 11 is 11.7. The highest BCUT2D eigenvalue weighted by Gasteiger charge is 2.23. The Kier molecular flexibility index (Phi) is 3.40. The first-order chi connectivity index (χ1) is 3.50. The largest absolute Gasteiger partial charge is 0.174 e. The highest BCUT2D eigenvalue weighted by molar-refractivity contribution is 6.98. The first-order valence-electron chi connectivity index (χ1n) is 2.75. The van der Waals surface area contributed by atoms with Crippen molar-refractivity contribution in [3.63, 3.8) is 0 Å². The Morgan fingerprint density at radius 2 is 1.88 bits per heavy atom. The number of alkyl halides is 1. The molecule has 0 aromatic rings. The molecule has 0 saturated heterocycles. The first-order valence-corrected chi connectivity index (χ1v) is 5.98. The van der Waals surface area contributed by atoms with Crippen molar-refractivity contribution in [2.45, 2.75) is 25.3 Å². The highest BCUT2D eigenvalue weighted by atomic mass is 35.6. The van der Waals surface area contributed by atoms with Gasteiger partial charge in [0, 0.05) is 4.50 Å². The third-order valence-corrected chi connectivity index (χ3v) is 5.72. The van der Waals surface area contributed by atoms with E-state index in [1.54, 1.807) is 0 Å². The molecule has 0 aliphatic carbocycles. The summed E-state index contributed by atoms with van der Waals surface area (Å²) in [5.41, 5.74) is 0. The van der Waals surface area contributed by atoms with Crippen molar-refractivity contribution in [1.29, 1.82) is 0 Å². The van der Waals surface area contributed by atoms with Crippen molar-refractivity contribution in [3.8, 4) is 0 Å². The van der Waals surface area contributed by atoms with Gasteiger partial charge in [0.05, 0.1) is 0 Å². The molecule has 3 heteroatoms. The van der Waals surface area contributed by atoms with Gasteiger partial charge < -0.3 is 0 Å². The molecule has 0 rings (SSSR count). The van der Waals surface area contributed by atoms with E-state index < -0.39 is 8.83 Å². The minimum atomic E-state index is -0.568. The Morgan fingerprint density at radius 1 is 1.50 bits per heavy atom. The number of hydrogen-bond acceptors (Lipinski definition) is 0. The number of hydrogen-bond donors (Lipinski definition) is 0. The SMILES string of the molecule is CC(C)C(C)(Cl)[SiH2]Cl. The summed E-state index contributed by atoms with van der Waals surface area (Å²) < 4.78 is -0.0818. The maximum Gasteiger partial charge on any atom is 0.147 e. The maximum absolute atomic E-state index is 5.99. The van der Waals surface area contributed by atoms with Crippen LogP contribution >= 0.6 is 22.7 Å². The topological polar surface area (TPSA) is 0 Å². The molecule has 0 aromatic carbocycles. The minimum absolute atomic E-state index is 0.0818. The molecular formula is C5H12Cl2Si. The average molecular weight is 171 g/mol. The maximum atomic E-state index is 5.99. The lowest BCUT2D eigenvalue weighted by Crippen LogP contribution is -2.28. The Morgan fingerprint density at radius 3 is 1.88 bits per heavy atom. The summed E-state index contributed by atoms with van der Waals surface area (Å²) in [7, 11) is -0.568. The molecular weight excluding hydrogens is 159 g/mol. The van der Waals surface area contributed by atoms with E-state index in [1.807, 2.05) is 6.92 Å². The molecule has 0 spiro atoms. The third-order valence-electron chi connectivity index (χ3n) is 1.47. The standard InChI is InChI=1S/C5H12Cl2Si/c1-4(2)5(3,6)8-7/h4H,8H2,1-3H3. The normalized spacial score (nSPS) is 20.2. The van der Waals surface area contributed by atoms with Crippen LogP contribution in [0, 0.1) is 5.92 Å². The average Bonchev–Trinajstić information content (AvgIpc) is 1.67. The fourth-order valence-corrected chi connectivity index (χ4v) is 1.39. The number of rotatable bonds is 2. The van der Waals surface area contributed by atoms with Gasteiger partial charge in [-0.3, -0.25) is 0 Å². The molecule has 0 aliphatic rings. The number of halogens is 2. The Labute approximate surface area is 63.1 Å². The lowest BCUT2D eigenvalue weighted by molar-refractivity contribution is 0.584. The van der Waals surface area contributed by atoms with Crippen molar-refractivity contribution in [3.05, 3.63) is 0 Å². The van der Waals surface area contributed by atoms with E-state index in [4.69, 9.17) is 22.7 Å². The van der Waals surface area contributed by atoms with Crippen LogP contribution in [0.15, 0.2) is 0 Å². The second-order valence-electron chi connectivity index (χ2n) is 2.57. The second kappa shape index (κ2) is 3.09. The van der Waals surface area contributed by atoms with E-state index in [0.717, 1.165) is 0 Å². The van der Waals surface area contributed by atoms with Gasteiger partial charge in [-0.1, -0.05) is 13.8 Å². The van der Waals surface area contributed by atoms with Crippen molar-refractivity contribution in [2.75, 3.05) is 0 Å². The molecule has 0 aliphatic heterocycles. The van der Waals surface area contributed by atoms with E-state index in [-0.39, 0.29) is 4.50 Å². The second-order valence-corrected chi connectivity index (χ2v) is 6.42. The third kappa shape index (κ3) is 2.38. The van der Waals surface area contributed by atoms with Gasteiger partial charge in [0.15, 0.2) is 0 Å². The lowest BCUT2D eigenvalue weighted by Gasteiger charge is -2.22. The van der Waals surface area contributed by atoms with Crippen LogP contribution in [0.2, 0.25) is 0 Å². The minimum Gasteiger partial charge on any atom is -0.174 e. The predicted molar refractivity (Wildman–Crippen MR) is 43.5 cm³/mol. The summed E-state index contributed by atoms with van der Waals surface area (Å²) in [4.78, 5) is 0. The zero-order valence-corrected chi connectivity index (χ0v) is 8.47. The molecule has 8 heavy (non-hydrogen) atoms. The van der Waals surface area contributed by atoms with Crippen molar-refractivity contribution >= 4 is 31.5 Å². The van der Waals surface area contributed by atoms with E-state index in [1.165, 1.54) is 0 Å². The van der Waals surface area contributed by atoms with E-state index in [2.05, 4.69) is 13.8 Å². The van der Waals surface area contributed by atoms with E-state index in [9.17, 15) is 0 Å². The first kappa shape index (κ1) is 8.80. The van der Waals surface area contributed by atoms with Gasteiger partial charge in [-0.25, -0.2) is 0 Å². The van der Waals surface area contributed by atoms with Gasteiger partial charge in [-0.15, -0.1) is 11.6 Å². The molecule has 0 bridgehead atoms. The Hall–Kier alpha value is 0.797. The van der Waals surface area contributed by atoms with E-state index >= 15 is 0 Å². The molecule has 0 saturated carbocycles. The monoisotopic (exact) mass is 170 g/mol. The van der Waals surface area contributed by atoms with Gasteiger partial charge in [0.25, 0.3) is 0 Å². The molecule has 50 valence electrons. The summed E-state index contributed by atoms with van der Waals surface area (Å²) in [6.45, 7) is 6.21. The molecule has 0 nitrogen and oxygen atoms in total. The van der Waals surface area contributed by atoms with Gasteiger partial charge in [0.2, 0.25) is 0 Å². The van der Waals surface area contributed by atoms with Crippen molar-refractivity contribution in [1.82, 2.24) is 0 Å². The van der Waals surface area contributed by atoms with Crippen LogP contribution in [0.1, 0.15) is 20.8 Å². The van der Waals surface area contributed by atoms with Crippen LogP contribution in [-0.4, -0.2) is 13.3 Å². The fraction of sp³-hybridized carbons (Fsp3) is 1.00. The van der Waals surface area contributed by atoms with Gasteiger partial charge in [-0.05, 0) is 12.8 Å². The molecule has 0 aromatic heterocycles. The highest BCUT2D eigenvalue weighted by Crippen LogP contribution is 2.23. The molecule has 1 atom stereocenters. The molecule has 0 heterocycles. The van der Waals surface area contributed by atoms with E-state index in [0.29, 0.717) is 5.92 Å². The van der Waals surface area contributed by atoms with Crippen LogP contribution in [0.3, 0.4) is 0 Å². The molecule has 0 fully saturated rings. The van der Waals surface area contributed by atoms with Gasteiger partial charge in [0.1, 0.15) is 8.83 Å². The smallest absolute Gasteiger partial charge is 0.147 e. The summed E-state index contributed by atoms with van der Waals surface area (Å²) in [5.74, 6) is 0.508. The molecule has 1 unspecified atom stereocenters. The summed E-state index contributed by atoms with van der Waals surface area (Å²) in [6, 6.07) is 0. The fourth-order valence-electron chi connectivity index (χ4n) is 0.154. The lowest BCUT2D eigenvalue weighted by atomic mass is 10.1. The van der Waals surface area contributed by atoms with Crippen molar-refractivity contribution in [2.24, 2.45) is 5.92 Å². The zero-order valence-electron chi connectivity index (χ0n) is 5.54. The Bertz CT molecular complexity index is 70.8. The van der Waals surface area contributed by atoms with Gasteiger partial charge in [-0.2, -0.15) is 11.1 Å². The predicted octanol–water partition coefficient (Wildman–Crippen LogP) is 1.92. The van der Waals surface area contributed by atoms with Crippen LogP contribution in [0.25, 0.3) is 0 Å². The van der Waals surface area contributed by atoms with Crippen LogP contribution in [-0.2, 0) is 0 Å². The molecule has 0 amide bonds. The van der Waals surface area contributed by atoms with Crippen LogP contribution in [0.4, 0.5) is 0 Å². The van der Waals surface area contributed by atoms with Gasteiger partial charge >= 0.3 is 0 Å². The quantitative estimate of drug-likeness (QED) is 0.338. The van der Waals surface area contributed by atoms with Crippen molar-refractivity contribution < 1.29 is 0 Å². The zero-order chi connectivity index (χ0) is 6.78. The molecule has 0 N–H and O–H groups in total. The summed E-state index contributed by atoms with van der Waals surface area (Å²) in [5, 5.41) is 0. The van der Waals surface area contributed by atoms with Crippen LogP contribution in [0.5, 0.6) is 0 Å². The van der Waals surface area contributed by atoms with Crippen LogP contribution < -0.4 is 0 Å². The Balaban J connectivity index is 3.71.